The van der Waals surface area contributed by atoms with Gasteiger partial charge in [0.15, 0.2) is 11.5 Å². The predicted molar refractivity (Wildman–Crippen MR) is 78.3 cm³/mol. The van der Waals surface area contributed by atoms with Gasteiger partial charge in [0.2, 0.25) is 0 Å². The molecule has 2 rings (SSSR count). The van der Waals surface area contributed by atoms with Crippen molar-refractivity contribution in [2.45, 2.75) is 40.5 Å². The van der Waals surface area contributed by atoms with Crippen molar-refractivity contribution in [3.8, 4) is 0 Å². The summed E-state index contributed by atoms with van der Waals surface area (Å²) in [5, 5.41) is 7.35. The van der Waals surface area contributed by atoms with Crippen molar-refractivity contribution in [2.24, 2.45) is 4.99 Å². The molecule has 0 saturated heterocycles. The van der Waals surface area contributed by atoms with Crippen LogP contribution in [-0.4, -0.2) is 21.0 Å². The van der Waals surface area contributed by atoms with Crippen molar-refractivity contribution in [1.82, 2.24) is 15.3 Å². The van der Waals surface area contributed by atoms with Crippen molar-refractivity contribution < 1.29 is 4.63 Å². The number of anilines is 1. The maximum atomic E-state index is 5.70. The van der Waals surface area contributed by atoms with E-state index in [2.05, 4.69) is 38.8 Å². The lowest BCUT2D eigenvalue weighted by atomic mass is 10.0. The van der Waals surface area contributed by atoms with Gasteiger partial charge >= 0.3 is 0 Å². The topological polar surface area (TPSA) is 90.2 Å². The van der Waals surface area contributed by atoms with Gasteiger partial charge in [0.05, 0.1) is 17.1 Å². The first kappa shape index (κ1) is 14.2. The molecule has 0 aliphatic carbocycles. The summed E-state index contributed by atoms with van der Waals surface area (Å²) in [6.07, 6.45) is 3.91. The van der Waals surface area contributed by atoms with Crippen LogP contribution >= 0.6 is 0 Å². The largest absolute Gasteiger partial charge is 0.379 e. The van der Waals surface area contributed by atoms with Crippen molar-refractivity contribution in [1.29, 1.82) is 0 Å². The molecule has 0 atom stereocenters. The van der Waals surface area contributed by atoms with E-state index in [0.717, 1.165) is 29.8 Å². The zero-order valence-corrected chi connectivity index (χ0v) is 12.3. The summed E-state index contributed by atoms with van der Waals surface area (Å²) < 4.78 is 4.61. The third kappa shape index (κ3) is 2.68. The minimum Gasteiger partial charge on any atom is -0.379 e. The van der Waals surface area contributed by atoms with Gasteiger partial charge in [-0.25, -0.2) is 9.62 Å². The van der Waals surface area contributed by atoms with Gasteiger partial charge in [-0.05, 0) is 48.6 Å². The molecular weight excluding hydrogens is 254 g/mol. The van der Waals surface area contributed by atoms with Crippen molar-refractivity contribution in [3.63, 3.8) is 0 Å². The summed E-state index contributed by atoms with van der Waals surface area (Å²) >= 11 is 0. The number of aliphatic imine (C=N–C) groups is 1. The van der Waals surface area contributed by atoms with Crippen LogP contribution in [0.4, 0.5) is 11.5 Å². The van der Waals surface area contributed by atoms with Crippen LogP contribution in [0.1, 0.15) is 42.8 Å². The number of aryl methyl sites for hydroxylation is 2. The number of aromatic nitrogens is 3. The van der Waals surface area contributed by atoms with Gasteiger partial charge in [0.25, 0.3) is 0 Å². The Morgan fingerprint density at radius 1 is 1.35 bits per heavy atom. The molecule has 106 valence electrons. The van der Waals surface area contributed by atoms with Gasteiger partial charge < -0.3 is 5.73 Å². The molecule has 0 amide bonds. The Morgan fingerprint density at radius 2 is 2.10 bits per heavy atom. The van der Waals surface area contributed by atoms with E-state index in [9.17, 15) is 0 Å². The molecule has 2 heterocycles. The number of hydrogen-bond acceptors (Lipinski definition) is 6. The van der Waals surface area contributed by atoms with Crippen LogP contribution in [0.5, 0.6) is 0 Å². The van der Waals surface area contributed by atoms with E-state index in [1.54, 1.807) is 0 Å². The molecule has 0 fully saturated rings. The van der Waals surface area contributed by atoms with Crippen molar-refractivity contribution in [3.05, 3.63) is 28.7 Å². The molecule has 0 spiro atoms. The number of nitrogen functional groups attached to an aromatic ring is 1. The molecule has 0 radical (unpaired) electrons. The average Bonchev–Trinajstić information content (AvgIpc) is 2.84. The van der Waals surface area contributed by atoms with E-state index < -0.39 is 0 Å². The molecule has 2 N–H and O–H groups in total. The quantitative estimate of drug-likeness (QED) is 0.865. The Morgan fingerprint density at radius 3 is 2.70 bits per heavy atom. The second kappa shape index (κ2) is 5.81. The summed E-state index contributed by atoms with van der Waals surface area (Å²) in [5.74, 6) is 0.251. The van der Waals surface area contributed by atoms with E-state index in [0.29, 0.717) is 11.4 Å². The lowest BCUT2D eigenvalue weighted by Gasteiger charge is -2.11. The average molecular weight is 273 g/mol. The molecule has 2 aromatic rings. The molecule has 0 aliphatic rings. The number of pyridine rings is 1. The van der Waals surface area contributed by atoms with E-state index in [4.69, 9.17) is 5.73 Å². The Balaban J connectivity index is 2.52. The highest BCUT2D eigenvalue weighted by atomic mass is 16.6. The highest BCUT2D eigenvalue weighted by Gasteiger charge is 2.13. The summed E-state index contributed by atoms with van der Waals surface area (Å²) in [6.45, 7) is 8.00. The number of rotatable bonds is 4. The van der Waals surface area contributed by atoms with Crippen molar-refractivity contribution >= 4 is 17.2 Å². The van der Waals surface area contributed by atoms with Crippen LogP contribution in [-0.2, 0) is 6.42 Å². The molecule has 2 aromatic heterocycles. The molecule has 0 aliphatic heterocycles. The SMILES string of the molecule is CCCc1c(C)cnc(C)c1/N=C(\C)c1nonc1N. The van der Waals surface area contributed by atoms with E-state index in [1.165, 1.54) is 5.56 Å². The number of nitrogens with two attached hydrogens (primary N) is 1. The van der Waals surface area contributed by atoms with Crippen LogP contribution in [0.3, 0.4) is 0 Å². The fraction of sp³-hybridized carbons (Fsp3) is 0.429. The summed E-state index contributed by atoms with van der Waals surface area (Å²) in [7, 11) is 0. The maximum Gasteiger partial charge on any atom is 0.197 e. The smallest absolute Gasteiger partial charge is 0.197 e. The van der Waals surface area contributed by atoms with E-state index in [1.807, 2.05) is 20.0 Å². The monoisotopic (exact) mass is 273 g/mol. The Labute approximate surface area is 118 Å². The fourth-order valence-corrected chi connectivity index (χ4v) is 2.12. The standard InChI is InChI=1S/C14H19N5O/c1-5-6-11-8(2)7-16-9(3)12(11)17-10(4)13-14(15)19-20-18-13/h7H,5-6H2,1-4H3,(H2,15,19)/b17-10+. The van der Waals surface area contributed by atoms with Crippen LogP contribution in [0.2, 0.25) is 0 Å². The molecule has 0 saturated carbocycles. The van der Waals surface area contributed by atoms with Crippen LogP contribution in [0, 0.1) is 13.8 Å². The molecule has 6 nitrogen and oxygen atoms in total. The normalized spacial score (nSPS) is 11.9. The molecule has 6 heteroatoms. The van der Waals surface area contributed by atoms with E-state index in [-0.39, 0.29) is 5.82 Å². The summed E-state index contributed by atoms with van der Waals surface area (Å²) in [6, 6.07) is 0. The number of nitrogens with zero attached hydrogens (tertiary/aromatic N) is 4. The molecule has 0 bridgehead atoms. The van der Waals surface area contributed by atoms with Gasteiger partial charge in [0, 0.05) is 6.20 Å². The second-order valence-corrected chi connectivity index (χ2v) is 4.80. The second-order valence-electron chi connectivity index (χ2n) is 4.80. The van der Waals surface area contributed by atoms with Gasteiger partial charge in [-0.1, -0.05) is 13.3 Å². The first-order valence-electron chi connectivity index (χ1n) is 6.63. The third-order valence-electron chi connectivity index (χ3n) is 3.19. The highest BCUT2D eigenvalue weighted by Crippen LogP contribution is 2.27. The lowest BCUT2D eigenvalue weighted by molar-refractivity contribution is 0.308. The zero-order chi connectivity index (χ0) is 14.7. The maximum absolute atomic E-state index is 5.70. The van der Waals surface area contributed by atoms with Crippen LogP contribution in [0.15, 0.2) is 15.8 Å². The Bertz CT molecular complexity index is 645. The Hall–Kier alpha value is -2.24. The predicted octanol–water partition coefficient (Wildman–Crippen LogP) is 2.76. The minimum absolute atomic E-state index is 0.251. The summed E-state index contributed by atoms with van der Waals surface area (Å²) in [4.78, 5) is 9.03. The molecule has 0 unspecified atom stereocenters. The number of hydrogen-bond donors (Lipinski definition) is 1. The molecular formula is C14H19N5O. The Kier molecular flexibility index (Phi) is 4.12. The highest BCUT2D eigenvalue weighted by molar-refractivity contribution is 6.02. The van der Waals surface area contributed by atoms with Crippen LogP contribution < -0.4 is 5.73 Å². The lowest BCUT2D eigenvalue weighted by Crippen LogP contribution is -2.02. The van der Waals surface area contributed by atoms with Crippen LogP contribution in [0.25, 0.3) is 0 Å². The third-order valence-corrected chi connectivity index (χ3v) is 3.19. The summed E-state index contributed by atoms with van der Waals surface area (Å²) in [5.41, 5.74) is 11.0. The minimum atomic E-state index is 0.251. The zero-order valence-electron chi connectivity index (χ0n) is 12.3. The van der Waals surface area contributed by atoms with Gasteiger partial charge in [0.1, 0.15) is 0 Å². The van der Waals surface area contributed by atoms with Crippen molar-refractivity contribution in [2.75, 3.05) is 5.73 Å². The molecule has 0 aromatic carbocycles. The van der Waals surface area contributed by atoms with Gasteiger partial charge in [-0.15, -0.1) is 0 Å². The molecule has 20 heavy (non-hydrogen) atoms. The first-order valence-corrected chi connectivity index (χ1v) is 6.63. The van der Waals surface area contributed by atoms with Gasteiger partial charge in [-0.2, -0.15) is 0 Å². The fourth-order valence-electron chi connectivity index (χ4n) is 2.12. The van der Waals surface area contributed by atoms with Gasteiger partial charge in [-0.3, -0.25) is 4.98 Å². The van der Waals surface area contributed by atoms with E-state index >= 15 is 0 Å². The first-order chi connectivity index (χ1) is 9.54.